The molecule has 1 saturated heterocycles. The Hall–Kier alpha value is -3.41. The fourth-order valence-electron chi connectivity index (χ4n) is 4.22. The van der Waals surface area contributed by atoms with Crippen LogP contribution in [0.2, 0.25) is 0 Å². The van der Waals surface area contributed by atoms with Crippen LogP contribution in [0, 0.1) is 0 Å². The largest absolute Gasteiger partial charge is 0.493 e. The highest BCUT2D eigenvalue weighted by Gasteiger charge is 2.32. The molecule has 3 aromatic heterocycles. The Balaban J connectivity index is 1.37. The molecule has 1 aliphatic carbocycles. The first-order valence-electron chi connectivity index (χ1n) is 11.2. The average molecular weight is 484 g/mol. The number of hydrogen-bond donors (Lipinski definition) is 3. The molecular formula is C22H22FN7O3S. The molecule has 3 aliphatic rings. The van der Waals surface area contributed by atoms with Crippen LogP contribution in [0.1, 0.15) is 42.3 Å². The molecule has 5 heterocycles. The minimum Gasteiger partial charge on any atom is -0.493 e. The molecule has 1 saturated carbocycles. The van der Waals surface area contributed by atoms with E-state index in [0.717, 1.165) is 18.5 Å². The zero-order chi connectivity index (χ0) is 23.4. The van der Waals surface area contributed by atoms with Gasteiger partial charge in [0.2, 0.25) is 5.88 Å². The number of carbonyl (C=O) groups excluding carboxylic acids is 1. The quantitative estimate of drug-likeness (QED) is 0.501. The van der Waals surface area contributed by atoms with Crippen molar-refractivity contribution in [1.82, 2.24) is 29.5 Å². The number of allylic oxidation sites excluding steroid dienone is 1. The molecule has 1 amide bonds. The molecule has 2 atom stereocenters. The zero-order valence-corrected chi connectivity index (χ0v) is 18.9. The number of hydrogen-bond acceptors (Lipinski definition) is 7. The number of H-pyrrole nitrogens is 2. The smallest absolute Gasteiger partial charge is 0.326 e. The Morgan fingerprint density at radius 1 is 1.32 bits per heavy atom. The van der Waals surface area contributed by atoms with Crippen molar-refractivity contribution in [2.75, 3.05) is 13.1 Å². The normalized spacial score (nSPS) is 23.9. The number of nitrogens with one attached hydrogen (secondary N) is 2. The predicted molar refractivity (Wildman–Crippen MR) is 123 cm³/mol. The Labute approximate surface area is 196 Å². The van der Waals surface area contributed by atoms with Gasteiger partial charge in [-0.05, 0) is 31.8 Å². The number of likely N-dealkylation sites (tertiary alicyclic amines) is 1. The summed E-state index contributed by atoms with van der Waals surface area (Å²) in [6.07, 6.45) is 7.24. The van der Waals surface area contributed by atoms with Gasteiger partial charge in [0.1, 0.15) is 11.9 Å². The Morgan fingerprint density at radius 3 is 2.88 bits per heavy atom. The molecule has 3 aromatic rings. The summed E-state index contributed by atoms with van der Waals surface area (Å²) in [5, 5.41) is 14.9. The molecule has 0 spiro atoms. The Morgan fingerprint density at radius 2 is 2.18 bits per heavy atom. The summed E-state index contributed by atoms with van der Waals surface area (Å²) in [7, 11) is 0. The maximum Gasteiger partial charge on any atom is 0.326 e. The minimum absolute atomic E-state index is 0.0795. The molecular weight excluding hydrogens is 461 g/mol. The molecule has 3 N–H and O–H groups in total. The van der Waals surface area contributed by atoms with Crippen LogP contribution < -0.4 is 16.4 Å². The molecule has 10 nitrogen and oxygen atoms in total. The fraction of sp³-hybridized carbons (Fsp3) is 0.409. The van der Waals surface area contributed by atoms with Crippen molar-refractivity contribution >= 4 is 29.4 Å². The highest BCUT2D eigenvalue weighted by atomic mass is 32.2. The van der Waals surface area contributed by atoms with Crippen LogP contribution in [0.5, 0.6) is 5.88 Å². The number of fused-ring (bicyclic) bond motifs is 1. The molecule has 176 valence electrons. The lowest BCUT2D eigenvalue weighted by molar-refractivity contribution is -0.125. The summed E-state index contributed by atoms with van der Waals surface area (Å²) in [5.74, 6) is -0.388. The van der Waals surface area contributed by atoms with Gasteiger partial charge in [0.25, 0.3) is 5.91 Å². The maximum absolute atomic E-state index is 13.6. The van der Waals surface area contributed by atoms with E-state index < -0.39 is 11.9 Å². The number of carbonyl (C=O) groups is 1. The van der Waals surface area contributed by atoms with Gasteiger partial charge in [-0.1, -0.05) is 6.08 Å². The summed E-state index contributed by atoms with van der Waals surface area (Å²) in [6, 6.07) is 2.17. The third kappa shape index (κ3) is 3.91. The SMILES string of the molecule is O=C(C1=CCC(c2cc(=NC3CC3)n3ncc(=Cc4[nH]c(=O)[nH]c4O)c3n2)S1)N1CC[C@@H](F)C1. The Kier molecular flexibility index (Phi) is 5.05. The van der Waals surface area contributed by atoms with E-state index in [-0.39, 0.29) is 35.3 Å². The van der Waals surface area contributed by atoms with Crippen LogP contribution in [0.15, 0.2) is 33.0 Å². The van der Waals surface area contributed by atoms with Gasteiger partial charge in [0, 0.05) is 17.8 Å². The van der Waals surface area contributed by atoms with Gasteiger partial charge < -0.3 is 15.0 Å². The first-order chi connectivity index (χ1) is 16.4. The lowest BCUT2D eigenvalue weighted by atomic mass is 10.2. The second-order valence-corrected chi connectivity index (χ2v) is 10.0. The molecule has 34 heavy (non-hydrogen) atoms. The van der Waals surface area contributed by atoms with Gasteiger partial charge in [0.05, 0.1) is 34.6 Å². The third-order valence-electron chi connectivity index (χ3n) is 6.14. The summed E-state index contributed by atoms with van der Waals surface area (Å²) < 4.78 is 15.2. The number of halogens is 1. The minimum atomic E-state index is -0.951. The van der Waals surface area contributed by atoms with Gasteiger partial charge in [-0.25, -0.2) is 14.2 Å². The van der Waals surface area contributed by atoms with E-state index in [1.165, 1.54) is 11.8 Å². The van der Waals surface area contributed by atoms with E-state index in [2.05, 4.69) is 15.1 Å². The number of aromatic amines is 2. The molecule has 6 rings (SSSR count). The summed E-state index contributed by atoms with van der Waals surface area (Å²) in [5.41, 5.74) is 1.70. The number of aromatic hydroxyl groups is 1. The van der Waals surface area contributed by atoms with E-state index in [0.29, 0.717) is 40.6 Å². The van der Waals surface area contributed by atoms with Crippen molar-refractivity contribution in [3.63, 3.8) is 0 Å². The van der Waals surface area contributed by atoms with Crippen molar-refractivity contribution in [3.05, 3.63) is 55.8 Å². The number of rotatable bonds is 4. The topological polar surface area (TPSA) is 132 Å². The average Bonchev–Trinajstić information content (AvgIpc) is 3.18. The van der Waals surface area contributed by atoms with E-state index in [1.54, 1.807) is 21.7 Å². The van der Waals surface area contributed by atoms with Crippen LogP contribution >= 0.6 is 11.8 Å². The highest BCUT2D eigenvalue weighted by molar-refractivity contribution is 8.04. The van der Waals surface area contributed by atoms with E-state index in [1.807, 2.05) is 12.1 Å². The number of aromatic nitrogens is 5. The first kappa shape index (κ1) is 21.1. The molecule has 2 fully saturated rings. The van der Waals surface area contributed by atoms with Gasteiger partial charge >= 0.3 is 5.69 Å². The standard InChI is InChI=1S/C22H22FN7O3S/c23-12-5-6-29(10-12)21(32)17-4-3-16(34-17)14-8-18(25-13-1-2-13)30-19(26-14)11(9-24-30)7-15-20(31)28-22(33)27-15/h4,7-9,12-13,16,31H,1-3,5-6,10H2,(H2,27,28,33)/t12-,16?/m1/s1. The molecule has 1 unspecified atom stereocenters. The molecule has 2 aliphatic heterocycles. The van der Waals surface area contributed by atoms with Crippen molar-refractivity contribution < 1.29 is 14.3 Å². The van der Waals surface area contributed by atoms with E-state index >= 15 is 0 Å². The van der Waals surface area contributed by atoms with Gasteiger partial charge in [-0.3, -0.25) is 14.8 Å². The van der Waals surface area contributed by atoms with Crippen LogP contribution in [-0.2, 0) is 4.79 Å². The monoisotopic (exact) mass is 483 g/mol. The number of imidazole rings is 1. The third-order valence-corrected chi connectivity index (χ3v) is 7.46. The number of amides is 1. The van der Waals surface area contributed by atoms with Gasteiger partial charge in [-0.15, -0.1) is 11.8 Å². The lowest BCUT2D eigenvalue weighted by Crippen LogP contribution is -2.29. The van der Waals surface area contributed by atoms with E-state index in [4.69, 9.17) is 9.98 Å². The second-order valence-electron chi connectivity index (χ2n) is 8.77. The lowest BCUT2D eigenvalue weighted by Gasteiger charge is -2.16. The van der Waals surface area contributed by atoms with E-state index in [9.17, 15) is 19.1 Å². The Bertz CT molecular complexity index is 1500. The number of alkyl halides is 1. The van der Waals surface area contributed by atoms with Crippen LogP contribution in [0.4, 0.5) is 4.39 Å². The predicted octanol–water partition coefficient (Wildman–Crippen LogP) is 0.694. The summed E-state index contributed by atoms with van der Waals surface area (Å²) in [6.45, 7) is 0.597. The summed E-state index contributed by atoms with van der Waals surface area (Å²) >= 11 is 1.44. The van der Waals surface area contributed by atoms with Gasteiger partial charge in [-0.2, -0.15) is 9.61 Å². The van der Waals surface area contributed by atoms with Gasteiger partial charge in [0.15, 0.2) is 11.1 Å². The fourth-order valence-corrected chi connectivity index (χ4v) is 5.38. The highest BCUT2D eigenvalue weighted by Crippen LogP contribution is 2.43. The maximum atomic E-state index is 13.6. The van der Waals surface area contributed by atoms with Crippen LogP contribution in [-0.4, -0.2) is 65.8 Å². The first-order valence-corrected chi connectivity index (χ1v) is 12.1. The van der Waals surface area contributed by atoms with Crippen molar-refractivity contribution in [2.24, 2.45) is 4.99 Å². The number of thioether (sulfide) groups is 1. The van der Waals surface area contributed by atoms with Crippen molar-refractivity contribution in [3.8, 4) is 5.88 Å². The molecule has 0 radical (unpaired) electrons. The van der Waals surface area contributed by atoms with Crippen LogP contribution in [0.3, 0.4) is 0 Å². The van der Waals surface area contributed by atoms with Crippen molar-refractivity contribution in [2.45, 2.75) is 43.1 Å². The molecule has 0 bridgehead atoms. The molecule has 12 heteroatoms. The van der Waals surface area contributed by atoms with Crippen LogP contribution in [0.25, 0.3) is 11.7 Å². The second kappa shape index (κ2) is 8.12. The number of nitrogens with zero attached hydrogens (tertiary/aromatic N) is 5. The molecule has 0 aromatic carbocycles. The zero-order valence-electron chi connectivity index (χ0n) is 18.1. The summed E-state index contributed by atoms with van der Waals surface area (Å²) in [4.78, 5) is 41.0. The van der Waals surface area contributed by atoms with Crippen molar-refractivity contribution in [1.29, 1.82) is 0 Å².